The molecule has 1 saturated carbocycles. The Morgan fingerprint density at radius 2 is 1.94 bits per heavy atom. The second-order valence-corrected chi connectivity index (χ2v) is 7.22. The van der Waals surface area contributed by atoms with Crippen molar-refractivity contribution in [2.75, 3.05) is 7.05 Å². The number of halogens is 1. The lowest BCUT2D eigenvalue weighted by Crippen LogP contribution is -2.59. The first-order valence-corrected chi connectivity index (χ1v) is 6.51. The summed E-state index contributed by atoms with van der Waals surface area (Å²) < 4.78 is 0.935. The van der Waals surface area contributed by atoms with E-state index in [1.165, 1.54) is 11.9 Å². The van der Waals surface area contributed by atoms with E-state index in [4.69, 9.17) is 11.6 Å². The Morgan fingerprint density at radius 3 is 2.44 bits per heavy atom. The SMILES string of the molecule is CN1S[C@@]2(C(=O)Cl)CC[C@@](C)(C1=O)C2(C)C. The average Bonchev–Trinajstić information content (AvgIpc) is 2.30. The fraction of sp³-hybridized carbons (Fsp3) is 0.818. The quantitative estimate of drug-likeness (QED) is 0.537. The molecule has 1 amide bonds. The Morgan fingerprint density at radius 1 is 1.38 bits per heavy atom. The van der Waals surface area contributed by atoms with Gasteiger partial charge in [0, 0.05) is 12.5 Å². The highest BCUT2D eigenvalue weighted by Gasteiger charge is 2.71. The second kappa shape index (κ2) is 3.16. The topological polar surface area (TPSA) is 37.4 Å². The van der Waals surface area contributed by atoms with Crippen LogP contribution < -0.4 is 0 Å². The molecule has 0 aromatic carbocycles. The number of nitrogens with zero attached hydrogens (tertiary/aromatic N) is 1. The van der Waals surface area contributed by atoms with E-state index >= 15 is 0 Å². The monoisotopic (exact) mass is 261 g/mol. The van der Waals surface area contributed by atoms with Crippen molar-refractivity contribution in [3.8, 4) is 0 Å². The van der Waals surface area contributed by atoms with Crippen LogP contribution in [-0.4, -0.2) is 27.2 Å². The van der Waals surface area contributed by atoms with E-state index in [9.17, 15) is 9.59 Å². The number of hydrogen-bond acceptors (Lipinski definition) is 3. The molecule has 0 aromatic heterocycles. The van der Waals surface area contributed by atoms with Crippen molar-refractivity contribution < 1.29 is 9.59 Å². The van der Waals surface area contributed by atoms with Crippen molar-refractivity contribution in [3.05, 3.63) is 0 Å². The maximum Gasteiger partial charge on any atom is 0.240 e. The number of amides is 1. The van der Waals surface area contributed by atoms with E-state index in [0.717, 1.165) is 6.42 Å². The molecule has 1 heterocycles. The molecule has 0 spiro atoms. The molecule has 2 fully saturated rings. The van der Waals surface area contributed by atoms with E-state index in [1.807, 2.05) is 20.8 Å². The van der Waals surface area contributed by atoms with Crippen LogP contribution in [0.3, 0.4) is 0 Å². The molecule has 0 radical (unpaired) electrons. The summed E-state index contributed by atoms with van der Waals surface area (Å²) in [7, 11) is 1.72. The van der Waals surface area contributed by atoms with Crippen LogP contribution in [0.1, 0.15) is 33.6 Å². The zero-order valence-electron chi connectivity index (χ0n) is 9.96. The number of fused-ring (bicyclic) bond motifs is 2. The summed E-state index contributed by atoms with van der Waals surface area (Å²) in [6, 6.07) is 0. The van der Waals surface area contributed by atoms with Gasteiger partial charge in [-0.3, -0.25) is 13.9 Å². The van der Waals surface area contributed by atoms with Crippen LogP contribution in [0.5, 0.6) is 0 Å². The second-order valence-electron chi connectivity index (χ2n) is 5.45. The Kier molecular flexibility index (Phi) is 2.42. The summed E-state index contributed by atoms with van der Waals surface area (Å²) >= 11 is 7.10. The minimum absolute atomic E-state index is 0.105. The first-order chi connectivity index (χ1) is 7.19. The van der Waals surface area contributed by atoms with Gasteiger partial charge in [-0.25, -0.2) is 0 Å². The summed E-state index contributed by atoms with van der Waals surface area (Å²) in [6.07, 6.45) is 1.41. The van der Waals surface area contributed by atoms with Crippen LogP contribution >= 0.6 is 23.5 Å². The van der Waals surface area contributed by atoms with Gasteiger partial charge in [-0.05, 0) is 36.4 Å². The number of rotatable bonds is 1. The molecule has 1 saturated heterocycles. The van der Waals surface area contributed by atoms with E-state index in [1.54, 1.807) is 11.4 Å². The van der Waals surface area contributed by atoms with Gasteiger partial charge in [0.2, 0.25) is 11.1 Å². The minimum atomic E-state index is -0.647. The van der Waals surface area contributed by atoms with Gasteiger partial charge in [0.05, 0.1) is 5.41 Å². The van der Waals surface area contributed by atoms with E-state index < -0.39 is 15.6 Å². The molecule has 2 bridgehead atoms. The molecular formula is C11H16ClNO2S. The first kappa shape index (κ1) is 12.2. The van der Waals surface area contributed by atoms with Gasteiger partial charge >= 0.3 is 0 Å². The van der Waals surface area contributed by atoms with Crippen LogP contribution in [0.4, 0.5) is 0 Å². The molecule has 2 rings (SSSR count). The smallest absolute Gasteiger partial charge is 0.240 e. The van der Waals surface area contributed by atoms with Crippen LogP contribution in [0.15, 0.2) is 0 Å². The highest BCUT2D eigenvalue weighted by molar-refractivity contribution is 8.00. The molecule has 1 aliphatic heterocycles. The highest BCUT2D eigenvalue weighted by Crippen LogP contribution is 2.68. The molecule has 0 N–H and O–H groups in total. The lowest BCUT2D eigenvalue weighted by Gasteiger charge is -2.51. The van der Waals surface area contributed by atoms with Crippen molar-refractivity contribution in [2.45, 2.75) is 38.4 Å². The molecule has 0 unspecified atom stereocenters. The molecule has 16 heavy (non-hydrogen) atoms. The fourth-order valence-corrected chi connectivity index (χ4v) is 4.94. The maximum atomic E-state index is 12.2. The molecule has 1 aliphatic carbocycles. The lowest BCUT2D eigenvalue weighted by atomic mass is 9.65. The Balaban J connectivity index is 2.60. The molecule has 2 atom stereocenters. The Labute approximate surface area is 105 Å². The van der Waals surface area contributed by atoms with Crippen LogP contribution in [0.25, 0.3) is 0 Å². The van der Waals surface area contributed by atoms with Crippen molar-refractivity contribution in [1.82, 2.24) is 4.31 Å². The van der Waals surface area contributed by atoms with Crippen molar-refractivity contribution in [3.63, 3.8) is 0 Å². The van der Waals surface area contributed by atoms with Crippen LogP contribution in [0, 0.1) is 10.8 Å². The maximum absolute atomic E-state index is 12.2. The number of carbonyl (C=O) groups is 2. The fourth-order valence-electron chi connectivity index (χ4n) is 3.03. The van der Waals surface area contributed by atoms with Gasteiger partial charge in [0.1, 0.15) is 4.75 Å². The van der Waals surface area contributed by atoms with Gasteiger partial charge in [-0.2, -0.15) is 0 Å². The summed E-state index contributed by atoms with van der Waals surface area (Å²) in [5, 5.41) is -0.328. The number of carbonyl (C=O) groups excluding carboxylic acids is 2. The van der Waals surface area contributed by atoms with Gasteiger partial charge in [0.15, 0.2) is 0 Å². The molecule has 0 aromatic rings. The van der Waals surface area contributed by atoms with E-state index in [2.05, 4.69) is 0 Å². The number of hydrogen-bond donors (Lipinski definition) is 0. The predicted octanol–water partition coefficient (Wildman–Crippen LogP) is 2.44. The molecule has 90 valence electrons. The van der Waals surface area contributed by atoms with Gasteiger partial charge in [0.25, 0.3) is 0 Å². The highest BCUT2D eigenvalue weighted by atomic mass is 35.5. The minimum Gasteiger partial charge on any atom is -0.288 e. The van der Waals surface area contributed by atoms with Crippen LogP contribution in [0.2, 0.25) is 0 Å². The predicted molar refractivity (Wildman–Crippen MR) is 65.1 cm³/mol. The largest absolute Gasteiger partial charge is 0.288 e. The summed E-state index contributed by atoms with van der Waals surface area (Å²) in [5.41, 5.74) is -0.870. The lowest BCUT2D eigenvalue weighted by molar-refractivity contribution is -0.143. The van der Waals surface area contributed by atoms with Gasteiger partial charge in [-0.15, -0.1) is 0 Å². The van der Waals surface area contributed by atoms with E-state index in [-0.39, 0.29) is 11.1 Å². The summed E-state index contributed by atoms with van der Waals surface area (Å²) in [6.45, 7) is 5.92. The Hall–Kier alpha value is -0.220. The summed E-state index contributed by atoms with van der Waals surface area (Å²) in [4.78, 5) is 24.0. The molecule has 3 nitrogen and oxygen atoms in total. The third-order valence-electron chi connectivity index (χ3n) is 4.73. The normalized spacial score (nSPS) is 41.3. The van der Waals surface area contributed by atoms with Crippen molar-refractivity contribution in [2.24, 2.45) is 10.8 Å². The van der Waals surface area contributed by atoms with Gasteiger partial charge in [-0.1, -0.05) is 20.8 Å². The average molecular weight is 262 g/mol. The Bertz CT molecular complexity index is 384. The molecule has 5 heteroatoms. The molecule has 2 aliphatic rings. The van der Waals surface area contributed by atoms with Crippen molar-refractivity contribution >= 4 is 34.7 Å². The molecular weight excluding hydrogens is 246 g/mol. The van der Waals surface area contributed by atoms with E-state index in [0.29, 0.717) is 6.42 Å². The third kappa shape index (κ3) is 1.07. The zero-order chi connectivity index (χ0) is 12.4. The van der Waals surface area contributed by atoms with Gasteiger partial charge < -0.3 is 0 Å². The standard InChI is InChI=1S/C11H16ClNO2S/c1-9(2)10(3)5-6-11(9,7(12)14)16-13(4)8(10)15/h5-6H2,1-4H3/t10-,11+/m0/s1. The summed E-state index contributed by atoms with van der Waals surface area (Å²) in [5.74, 6) is 0.105. The van der Waals surface area contributed by atoms with Crippen LogP contribution in [-0.2, 0) is 9.59 Å². The first-order valence-electron chi connectivity index (χ1n) is 5.36. The third-order valence-corrected chi connectivity index (χ3v) is 6.82. The zero-order valence-corrected chi connectivity index (χ0v) is 11.5. The van der Waals surface area contributed by atoms with Crippen molar-refractivity contribution in [1.29, 1.82) is 0 Å².